The highest BCUT2D eigenvalue weighted by molar-refractivity contribution is 7.89. The molecule has 2 heterocycles. The Hall–Kier alpha value is -2.96. The summed E-state index contributed by atoms with van der Waals surface area (Å²) in [4.78, 5) is 34.0. The fraction of sp³-hybridized carbons (Fsp3) is 0.542. The van der Waals surface area contributed by atoms with E-state index in [4.69, 9.17) is 4.74 Å². The van der Waals surface area contributed by atoms with Gasteiger partial charge >= 0.3 is 6.09 Å². The maximum absolute atomic E-state index is 13.5. The number of aliphatic hydroxyl groups excluding tert-OH is 1. The van der Waals surface area contributed by atoms with Gasteiger partial charge in [0, 0.05) is 58.8 Å². The van der Waals surface area contributed by atoms with Crippen LogP contribution in [-0.4, -0.2) is 90.9 Å². The molecule has 1 saturated heterocycles. The average Bonchev–Trinajstić information content (AvgIpc) is 2.82. The molecule has 11 nitrogen and oxygen atoms in total. The number of piperazine rings is 1. The highest BCUT2D eigenvalue weighted by Crippen LogP contribution is 2.19. The molecule has 1 fully saturated rings. The SMILES string of the molecule is CN(C)S(=O)(=O)c1ccc(-n2cc(CCCO)nc(N3CCN(C(=O)OC(C)(C)C)CC3)c2=O)cc1. The fourth-order valence-electron chi connectivity index (χ4n) is 3.72. The molecule has 1 aromatic heterocycles. The Morgan fingerprint density at radius 2 is 1.72 bits per heavy atom. The number of carbonyl (C=O) groups excluding carboxylic acids is 1. The summed E-state index contributed by atoms with van der Waals surface area (Å²) in [6, 6.07) is 6.09. The number of carbonyl (C=O) groups is 1. The zero-order valence-corrected chi connectivity index (χ0v) is 22.3. The fourth-order valence-corrected chi connectivity index (χ4v) is 4.62. The predicted octanol–water partition coefficient (Wildman–Crippen LogP) is 1.46. The topological polar surface area (TPSA) is 125 Å². The first kappa shape index (κ1) is 27.6. The van der Waals surface area contributed by atoms with Gasteiger partial charge in [-0.25, -0.2) is 22.5 Å². The van der Waals surface area contributed by atoms with E-state index < -0.39 is 21.7 Å². The van der Waals surface area contributed by atoms with E-state index in [-0.39, 0.29) is 22.9 Å². The summed E-state index contributed by atoms with van der Waals surface area (Å²) in [5, 5.41) is 9.28. The molecule has 1 amide bonds. The molecule has 0 spiro atoms. The van der Waals surface area contributed by atoms with Crippen molar-refractivity contribution in [2.24, 2.45) is 0 Å². The first-order valence-electron chi connectivity index (χ1n) is 11.8. The summed E-state index contributed by atoms with van der Waals surface area (Å²) in [7, 11) is -0.686. The van der Waals surface area contributed by atoms with E-state index in [0.717, 1.165) is 4.31 Å². The molecule has 1 aliphatic heterocycles. The number of rotatable bonds is 7. The largest absolute Gasteiger partial charge is 0.444 e. The third-order valence-corrected chi connectivity index (χ3v) is 7.48. The Morgan fingerprint density at radius 1 is 1.11 bits per heavy atom. The predicted molar refractivity (Wildman–Crippen MR) is 136 cm³/mol. The molecule has 0 bridgehead atoms. The van der Waals surface area contributed by atoms with Crippen molar-refractivity contribution in [3.8, 4) is 5.69 Å². The summed E-state index contributed by atoms with van der Waals surface area (Å²) in [5.74, 6) is 0.249. The number of sulfonamides is 1. The van der Waals surface area contributed by atoms with Gasteiger partial charge in [0.15, 0.2) is 5.82 Å². The smallest absolute Gasteiger partial charge is 0.410 e. The lowest BCUT2D eigenvalue weighted by Gasteiger charge is -2.36. The van der Waals surface area contributed by atoms with Crippen LogP contribution in [0.4, 0.5) is 10.6 Å². The Labute approximate surface area is 212 Å². The van der Waals surface area contributed by atoms with Crippen LogP contribution >= 0.6 is 0 Å². The van der Waals surface area contributed by atoms with Crippen molar-refractivity contribution in [3.05, 3.63) is 46.5 Å². The number of nitrogens with zero attached hydrogens (tertiary/aromatic N) is 5. The summed E-state index contributed by atoms with van der Waals surface area (Å²) >= 11 is 0. The van der Waals surface area contributed by atoms with Crippen LogP contribution in [0, 0.1) is 0 Å². The lowest BCUT2D eigenvalue weighted by Crippen LogP contribution is -2.51. The number of aliphatic hydroxyl groups is 1. The zero-order valence-electron chi connectivity index (χ0n) is 21.5. The van der Waals surface area contributed by atoms with Gasteiger partial charge in [-0.05, 0) is 57.9 Å². The van der Waals surface area contributed by atoms with Crippen molar-refractivity contribution in [2.45, 2.75) is 44.1 Å². The monoisotopic (exact) mass is 521 g/mol. The second-order valence-electron chi connectivity index (χ2n) is 9.79. The van der Waals surface area contributed by atoms with E-state index in [1.807, 2.05) is 25.7 Å². The van der Waals surface area contributed by atoms with Gasteiger partial charge in [-0.3, -0.25) is 9.36 Å². The van der Waals surface area contributed by atoms with Crippen LogP contribution < -0.4 is 10.5 Å². The van der Waals surface area contributed by atoms with Crippen LogP contribution in [0.15, 0.2) is 40.2 Å². The normalized spacial score (nSPS) is 14.9. The summed E-state index contributed by atoms with van der Waals surface area (Å²) in [5.41, 5.74) is 0.181. The maximum atomic E-state index is 13.5. The first-order chi connectivity index (χ1) is 16.8. The summed E-state index contributed by atoms with van der Waals surface area (Å²) in [6.45, 7) is 7.01. The zero-order chi connectivity index (χ0) is 26.7. The van der Waals surface area contributed by atoms with Crippen molar-refractivity contribution in [3.63, 3.8) is 0 Å². The lowest BCUT2D eigenvalue weighted by atomic mass is 10.2. The summed E-state index contributed by atoms with van der Waals surface area (Å²) in [6.07, 6.45) is 2.18. The molecular formula is C24H35N5O6S. The number of anilines is 1. The Bertz CT molecular complexity index is 1230. The molecule has 36 heavy (non-hydrogen) atoms. The quantitative estimate of drug-likeness (QED) is 0.581. The van der Waals surface area contributed by atoms with E-state index in [1.54, 1.807) is 23.2 Å². The van der Waals surface area contributed by atoms with Crippen molar-refractivity contribution in [1.82, 2.24) is 18.8 Å². The second-order valence-corrected chi connectivity index (χ2v) is 11.9. The molecule has 1 aromatic carbocycles. The molecule has 12 heteroatoms. The number of hydrogen-bond acceptors (Lipinski definition) is 8. The van der Waals surface area contributed by atoms with Gasteiger partial charge in [-0.15, -0.1) is 0 Å². The number of aromatic nitrogens is 2. The van der Waals surface area contributed by atoms with Crippen LogP contribution in [0.2, 0.25) is 0 Å². The molecule has 0 saturated carbocycles. The van der Waals surface area contributed by atoms with Crippen molar-refractivity contribution >= 4 is 21.9 Å². The maximum Gasteiger partial charge on any atom is 0.410 e. The van der Waals surface area contributed by atoms with Gasteiger partial charge in [0.25, 0.3) is 5.56 Å². The minimum atomic E-state index is -3.60. The van der Waals surface area contributed by atoms with Crippen molar-refractivity contribution < 1.29 is 23.1 Å². The van der Waals surface area contributed by atoms with Gasteiger partial charge in [-0.1, -0.05) is 0 Å². The van der Waals surface area contributed by atoms with E-state index >= 15 is 0 Å². The van der Waals surface area contributed by atoms with Crippen molar-refractivity contribution in [2.75, 3.05) is 51.8 Å². The molecule has 198 valence electrons. The Kier molecular flexibility index (Phi) is 8.42. The second kappa shape index (κ2) is 11.0. The number of aryl methyl sites for hydroxylation is 1. The number of hydrogen-bond donors (Lipinski definition) is 1. The summed E-state index contributed by atoms with van der Waals surface area (Å²) < 4.78 is 32.8. The number of amides is 1. The molecule has 1 N–H and O–H groups in total. The number of benzene rings is 1. The molecular weight excluding hydrogens is 486 g/mol. The first-order valence-corrected chi connectivity index (χ1v) is 13.3. The van der Waals surface area contributed by atoms with Gasteiger partial charge in [0.05, 0.1) is 10.6 Å². The van der Waals surface area contributed by atoms with E-state index in [9.17, 15) is 23.1 Å². The standard InChI is InChI=1S/C24H35N5O6S/c1-24(2,3)35-23(32)28-14-12-27(13-15-28)21-22(31)29(17-18(25-21)7-6-16-30)19-8-10-20(11-9-19)36(33,34)26(4)5/h8-11,17,30H,6-7,12-16H2,1-5H3. The minimum Gasteiger partial charge on any atom is -0.444 e. The van der Waals surface area contributed by atoms with E-state index in [1.165, 1.54) is 30.8 Å². The molecule has 0 atom stereocenters. The molecule has 0 aliphatic carbocycles. The number of ether oxygens (including phenoxy) is 1. The average molecular weight is 522 g/mol. The van der Waals surface area contributed by atoms with Crippen LogP contribution in [-0.2, 0) is 21.2 Å². The highest BCUT2D eigenvalue weighted by atomic mass is 32.2. The third kappa shape index (κ3) is 6.42. The highest BCUT2D eigenvalue weighted by Gasteiger charge is 2.28. The Morgan fingerprint density at radius 3 is 2.25 bits per heavy atom. The Balaban J connectivity index is 1.90. The van der Waals surface area contributed by atoms with Gasteiger partial charge in [-0.2, -0.15) is 0 Å². The van der Waals surface area contributed by atoms with Crippen LogP contribution in [0.25, 0.3) is 5.69 Å². The molecule has 0 unspecified atom stereocenters. The van der Waals surface area contributed by atoms with Gasteiger partial charge < -0.3 is 19.6 Å². The van der Waals surface area contributed by atoms with Crippen LogP contribution in [0.3, 0.4) is 0 Å². The minimum absolute atomic E-state index is 0.0121. The van der Waals surface area contributed by atoms with Crippen molar-refractivity contribution in [1.29, 1.82) is 0 Å². The van der Waals surface area contributed by atoms with Crippen LogP contribution in [0.5, 0.6) is 0 Å². The molecule has 2 aromatic rings. The van der Waals surface area contributed by atoms with Crippen LogP contribution in [0.1, 0.15) is 32.9 Å². The lowest BCUT2D eigenvalue weighted by molar-refractivity contribution is 0.0240. The molecule has 3 rings (SSSR count). The third-order valence-electron chi connectivity index (χ3n) is 5.65. The molecule has 1 aliphatic rings. The molecule has 0 radical (unpaired) electrons. The van der Waals surface area contributed by atoms with E-state index in [0.29, 0.717) is 50.4 Å². The van der Waals surface area contributed by atoms with Gasteiger partial charge in [0.2, 0.25) is 10.0 Å². The van der Waals surface area contributed by atoms with Gasteiger partial charge in [0.1, 0.15) is 5.60 Å². The van der Waals surface area contributed by atoms with E-state index in [2.05, 4.69) is 4.98 Å².